The maximum atomic E-state index is 12.4. The van der Waals surface area contributed by atoms with Gasteiger partial charge >= 0.3 is 11.9 Å². The van der Waals surface area contributed by atoms with Gasteiger partial charge in [-0.05, 0) is 18.6 Å². The number of unbranched alkanes of at least 4 members (excludes halogenated alkanes) is 15. The number of hydrogen-bond acceptors (Lipinski definition) is 4. The van der Waals surface area contributed by atoms with Gasteiger partial charge in [0.2, 0.25) is 0 Å². The van der Waals surface area contributed by atoms with Gasteiger partial charge in [-0.1, -0.05) is 121 Å². The Kier molecular flexibility index (Phi) is 16.9. The van der Waals surface area contributed by atoms with E-state index in [-0.39, 0.29) is 16.1 Å². The first kappa shape index (κ1) is 28.5. The Labute approximate surface area is 200 Å². The van der Waals surface area contributed by atoms with Crippen LogP contribution >= 0.6 is 11.6 Å². The van der Waals surface area contributed by atoms with Crippen LogP contribution in [-0.2, 0) is 9.47 Å². The molecule has 0 amide bonds. The predicted octanol–water partition coefficient (Wildman–Crippen LogP) is 8.54. The number of rotatable bonds is 19. The van der Waals surface area contributed by atoms with Gasteiger partial charge in [-0.2, -0.15) is 0 Å². The molecule has 0 fully saturated rings. The second-order valence-electron chi connectivity index (χ2n) is 8.59. The summed E-state index contributed by atoms with van der Waals surface area (Å²) in [5, 5.41) is 0.199. The van der Waals surface area contributed by atoms with E-state index < -0.39 is 11.9 Å². The molecule has 32 heavy (non-hydrogen) atoms. The number of halogens is 1. The van der Waals surface area contributed by atoms with E-state index in [4.69, 9.17) is 21.1 Å². The first-order valence-electron chi connectivity index (χ1n) is 12.7. The van der Waals surface area contributed by atoms with Gasteiger partial charge in [0, 0.05) is 0 Å². The SMILES string of the molecule is CCCCCCCCCCCCCCCCCCOC(=O)c1c(Cl)cccc1C(=O)OC. The van der Waals surface area contributed by atoms with Crippen molar-refractivity contribution < 1.29 is 19.1 Å². The number of carbonyl (C=O) groups is 2. The Morgan fingerprint density at radius 2 is 1.19 bits per heavy atom. The summed E-state index contributed by atoms with van der Waals surface area (Å²) in [4.78, 5) is 24.2. The smallest absolute Gasteiger partial charge is 0.340 e. The molecule has 0 aliphatic heterocycles. The van der Waals surface area contributed by atoms with E-state index in [1.54, 1.807) is 12.1 Å². The van der Waals surface area contributed by atoms with Crippen molar-refractivity contribution in [1.82, 2.24) is 0 Å². The molecule has 182 valence electrons. The molecule has 1 rings (SSSR count). The van der Waals surface area contributed by atoms with Crippen LogP contribution in [0.5, 0.6) is 0 Å². The Bertz CT molecular complexity index is 645. The van der Waals surface area contributed by atoms with Gasteiger partial charge < -0.3 is 9.47 Å². The lowest BCUT2D eigenvalue weighted by molar-refractivity contribution is 0.0480. The molecular formula is C27H43ClO4. The number of methoxy groups -OCH3 is 1. The van der Waals surface area contributed by atoms with Crippen molar-refractivity contribution in [2.24, 2.45) is 0 Å². The molecule has 1 aromatic rings. The summed E-state index contributed by atoms with van der Waals surface area (Å²) >= 11 is 6.10. The topological polar surface area (TPSA) is 52.6 Å². The molecule has 0 aromatic heterocycles. The van der Waals surface area contributed by atoms with E-state index in [0.29, 0.717) is 6.61 Å². The number of benzene rings is 1. The van der Waals surface area contributed by atoms with Gasteiger partial charge in [-0.3, -0.25) is 0 Å². The fraction of sp³-hybridized carbons (Fsp3) is 0.704. The maximum absolute atomic E-state index is 12.4. The highest BCUT2D eigenvalue weighted by atomic mass is 35.5. The van der Waals surface area contributed by atoms with Crippen LogP contribution in [0.15, 0.2) is 18.2 Å². The van der Waals surface area contributed by atoms with Gasteiger partial charge in [0.05, 0.1) is 29.9 Å². The van der Waals surface area contributed by atoms with Crippen LogP contribution in [0.1, 0.15) is 130 Å². The highest BCUT2D eigenvalue weighted by Crippen LogP contribution is 2.22. The summed E-state index contributed by atoms with van der Waals surface area (Å²) in [5.74, 6) is -1.17. The second-order valence-corrected chi connectivity index (χ2v) is 9.00. The van der Waals surface area contributed by atoms with E-state index in [2.05, 4.69) is 6.92 Å². The molecule has 1 aromatic carbocycles. The summed E-state index contributed by atoms with van der Waals surface area (Å²) in [6.45, 7) is 2.60. The molecule has 0 unspecified atom stereocenters. The van der Waals surface area contributed by atoms with Gasteiger partial charge in [-0.25, -0.2) is 9.59 Å². The monoisotopic (exact) mass is 466 g/mol. The van der Waals surface area contributed by atoms with Crippen molar-refractivity contribution in [2.75, 3.05) is 13.7 Å². The van der Waals surface area contributed by atoms with E-state index in [0.717, 1.165) is 19.3 Å². The van der Waals surface area contributed by atoms with Crippen LogP contribution < -0.4 is 0 Å². The van der Waals surface area contributed by atoms with Crippen LogP contribution in [-0.4, -0.2) is 25.7 Å². The molecule has 0 aliphatic carbocycles. The van der Waals surface area contributed by atoms with E-state index in [1.165, 1.54) is 96.6 Å². The first-order valence-corrected chi connectivity index (χ1v) is 13.0. The van der Waals surface area contributed by atoms with Gasteiger partial charge in [-0.15, -0.1) is 0 Å². The van der Waals surface area contributed by atoms with Crippen LogP contribution in [0.2, 0.25) is 5.02 Å². The van der Waals surface area contributed by atoms with E-state index >= 15 is 0 Å². The average Bonchev–Trinajstić information content (AvgIpc) is 2.80. The van der Waals surface area contributed by atoms with Crippen molar-refractivity contribution in [3.05, 3.63) is 34.3 Å². The van der Waals surface area contributed by atoms with Crippen molar-refractivity contribution >= 4 is 23.5 Å². The number of hydrogen-bond donors (Lipinski definition) is 0. The zero-order chi connectivity index (χ0) is 23.4. The van der Waals surface area contributed by atoms with E-state index in [9.17, 15) is 9.59 Å². The highest BCUT2D eigenvalue weighted by molar-refractivity contribution is 6.34. The number of ether oxygens (including phenoxy) is 2. The maximum Gasteiger partial charge on any atom is 0.340 e. The molecular weight excluding hydrogens is 424 g/mol. The molecule has 0 spiro atoms. The zero-order valence-corrected chi connectivity index (χ0v) is 21.0. The zero-order valence-electron chi connectivity index (χ0n) is 20.3. The minimum Gasteiger partial charge on any atom is -0.465 e. The molecule has 0 atom stereocenters. The Morgan fingerprint density at radius 1 is 0.719 bits per heavy atom. The number of carbonyl (C=O) groups excluding carboxylic acids is 2. The summed E-state index contributed by atoms with van der Waals surface area (Å²) in [7, 11) is 1.27. The fourth-order valence-electron chi connectivity index (χ4n) is 3.90. The van der Waals surface area contributed by atoms with Crippen LogP contribution in [0.25, 0.3) is 0 Å². The molecule has 0 N–H and O–H groups in total. The molecule has 0 saturated heterocycles. The standard InChI is InChI=1S/C27H43ClO4/c1-3-4-5-6-7-8-9-10-11-12-13-14-15-16-17-18-22-32-27(30)25-23(26(29)31-2)20-19-21-24(25)28/h19-21H,3-18,22H2,1-2H3. The molecule has 0 saturated carbocycles. The lowest BCUT2D eigenvalue weighted by Crippen LogP contribution is -2.14. The van der Waals surface area contributed by atoms with E-state index in [1.807, 2.05) is 0 Å². The molecule has 0 heterocycles. The normalized spacial score (nSPS) is 10.8. The van der Waals surface area contributed by atoms with Gasteiger partial charge in [0.25, 0.3) is 0 Å². The lowest BCUT2D eigenvalue weighted by Gasteiger charge is -2.10. The van der Waals surface area contributed by atoms with Crippen molar-refractivity contribution in [1.29, 1.82) is 0 Å². The summed E-state index contributed by atoms with van der Waals surface area (Å²) in [5.41, 5.74) is 0.217. The van der Waals surface area contributed by atoms with Crippen LogP contribution in [0.4, 0.5) is 0 Å². The molecule has 0 bridgehead atoms. The van der Waals surface area contributed by atoms with Gasteiger partial charge in [0.1, 0.15) is 0 Å². The third-order valence-corrected chi connectivity index (χ3v) is 6.17. The molecule has 0 radical (unpaired) electrons. The first-order chi connectivity index (χ1) is 15.6. The largest absolute Gasteiger partial charge is 0.465 e. The van der Waals surface area contributed by atoms with Gasteiger partial charge in [0.15, 0.2) is 0 Å². The summed E-state index contributed by atoms with van der Waals surface area (Å²) < 4.78 is 10.0. The van der Waals surface area contributed by atoms with Crippen LogP contribution in [0.3, 0.4) is 0 Å². The Balaban J connectivity index is 2.00. The Morgan fingerprint density at radius 3 is 1.66 bits per heavy atom. The summed E-state index contributed by atoms with van der Waals surface area (Å²) in [6.07, 6.45) is 20.8. The predicted molar refractivity (Wildman–Crippen MR) is 133 cm³/mol. The molecule has 4 nitrogen and oxygen atoms in total. The van der Waals surface area contributed by atoms with Crippen molar-refractivity contribution in [2.45, 2.75) is 110 Å². The third kappa shape index (κ3) is 12.5. The fourth-order valence-corrected chi connectivity index (χ4v) is 4.15. The third-order valence-electron chi connectivity index (χ3n) is 5.85. The second kappa shape index (κ2) is 19.0. The quantitative estimate of drug-likeness (QED) is 0.151. The summed E-state index contributed by atoms with van der Waals surface area (Å²) in [6, 6.07) is 4.70. The lowest BCUT2D eigenvalue weighted by atomic mass is 10.0. The molecule has 5 heteroatoms. The minimum absolute atomic E-state index is 0.0810. The van der Waals surface area contributed by atoms with Crippen molar-refractivity contribution in [3.8, 4) is 0 Å². The minimum atomic E-state index is -0.596. The molecule has 0 aliphatic rings. The highest BCUT2D eigenvalue weighted by Gasteiger charge is 2.21. The van der Waals surface area contributed by atoms with Crippen molar-refractivity contribution in [3.63, 3.8) is 0 Å². The number of esters is 2. The Hall–Kier alpha value is -1.55. The van der Waals surface area contributed by atoms with Crippen LogP contribution in [0, 0.1) is 0 Å². The average molecular weight is 467 g/mol.